The van der Waals surface area contributed by atoms with Gasteiger partial charge in [-0.1, -0.05) is 43.0 Å². The van der Waals surface area contributed by atoms with E-state index in [4.69, 9.17) is 16.6 Å². The number of amides is 1. The predicted octanol–water partition coefficient (Wildman–Crippen LogP) is 5.38. The van der Waals surface area contributed by atoms with Crippen LogP contribution >= 0.6 is 23.4 Å². The van der Waals surface area contributed by atoms with Crippen LogP contribution in [0.3, 0.4) is 0 Å². The van der Waals surface area contributed by atoms with E-state index in [1.54, 1.807) is 42.7 Å². The second-order valence-electron chi connectivity index (χ2n) is 6.89. The summed E-state index contributed by atoms with van der Waals surface area (Å²) in [5.74, 6) is 0.180. The number of nitrogens with zero attached hydrogens (tertiary/aromatic N) is 3. The Balaban J connectivity index is 1.71. The van der Waals surface area contributed by atoms with Gasteiger partial charge in [-0.3, -0.25) is 14.7 Å². The molecule has 0 radical (unpaired) electrons. The van der Waals surface area contributed by atoms with E-state index in [0.29, 0.717) is 20.8 Å². The molecule has 2 heterocycles. The highest BCUT2D eigenvalue weighted by atomic mass is 35.5. The maximum atomic E-state index is 13.2. The monoisotopic (exact) mass is 413 g/mol. The Labute approximate surface area is 173 Å². The molecule has 0 spiro atoms. The predicted molar refractivity (Wildman–Crippen MR) is 114 cm³/mol. The van der Waals surface area contributed by atoms with Crippen LogP contribution in [-0.2, 0) is 4.79 Å². The van der Waals surface area contributed by atoms with Crippen molar-refractivity contribution in [3.63, 3.8) is 0 Å². The third-order valence-corrected chi connectivity index (χ3v) is 6.21. The van der Waals surface area contributed by atoms with Crippen molar-refractivity contribution in [1.82, 2.24) is 9.88 Å². The van der Waals surface area contributed by atoms with Crippen molar-refractivity contribution in [3.8, 4) is 5.75 Å². The molecule has 144 valence electrons. The molecular weight excluding hydrogens is 394 g/mol. The number of phenolic OH excluding ortho intramolecular Hbond substituents is 1. The van der Waals surface area contributed by atoms with Crippen LogP contribution in [0, 0.1) is 0 Å². The Morgan fingerprint density at radius 1 is 1.18 bits per heavy atom. The summed E-state index contributed by atoms with van der Waals surface area (Å²) in [6, 6.07) is 8.72. The minimum atomic E-state index is -0.0195. The first-order valence-electron chi connectivity index (χ1n) is 9.32. The largest absolute Gasteiger partial charge is 0.508 e. The molecule has 1 amide bonds. The second-order valence-corrected chi connectivity index (χ2v) is 8.31. The van der Waals surface area contributed by atoms with Gasteiger partial charge in [0.25, 0.3) is 5.91 Å². The number of amidine groups is 1. The minimum Gasteiger partial charge on any atom is -0.508 e. The van der Waals surface area contributed by atoms with Gasteiger partial charge in [-0.15, -0.1) is 0 Å². The number of aromatic nitrogens is 1. The van der Waals surface area contributed by atoms with Gasteiger partial charge in [0.05, 0.1) is 15.6 Å². The number of phenols is 1. The average Bonchev–Trinajstić information content (AvgIpc) is 3.01. The number of pyridine rings is 1. The van der Waals surface area contributed by atoms with Crippen LogP contribution in [0.5, 0.6) is 5.75 Å². The van der Waals surface area contributed by atoms with Gasteiger partial charge >= 0.3 is 0 Å². The van der Waals surface area contributed by atoms with Crippen LogP contribution in [-0.4, -0.2) is 32.1 Å². The van der Waals surface area contributed by atoms with E-state index in [1.807, 2.05) is 11.0 Å². The van der Waals surface area contributed by atoms with Crippen molar-refractivity contribution in [2.75, 3.05) is 0 Å². The quantitative estimate of drug-likeness (QED) is 0.686. The SMILES string of the molecule is O=C1/C(=C/c2ccc(O)cc2)SC(=Nc2ccncc2Cl)N1C1CCCCC1. The lowest BCUT2D eigenvalue weighted by molar-refractivity contribution is -0.124. The van der Waals surface area contributed by atoms with E-state index >= 15 is 0 Å². The van der Waals surface area contributed by atoms with Gasteiger partial charge in [0, 0.05) is 18.4 Å². The lowest BCUT2D eigenvalue weighted by Crippen LogP contribution is -2.40. The number of halogens is 1. The highest BCUT2D eigenvalue weighted by molar-refractivity contribution is 8.18. The molecule has 0 atom stereocenters. The molecule has 0 unspecified atom stereocenters. The number of hydrogen-bond donors (Lipinski definition) is 1. The van der Waals surface area contributed by atoms with Crippen molar-refractivity contribution in [3.05, 3.63) is 58.2 Å². The number of benzene rings is 1. The standard InChI is InChI=1S/C21H20ClN3O2S/c22-17-13-23-11-10-18(17)24-21-25(15-4-2-1-3-5-15)20(27)19(28-21)12-14-6-8-16(26)9-7-14/h6-13,15,26H,1-5H2/b19-12-,24-21?. The van der Waals surface area contributed by atoms with Crippen molar-refractivity contribution < 1.29 is 9.90 Å². The Bertz CT molecular complexity index is 937. The van der Waals surface area contributed by atoms with E-state index in [-0.39, 0.29) is 17.7 Å². The van der Waals surface area contributed by atoms with Crippen LogP contribution in [0.25, 0.3) is 6.08 Å². The molecule has 1 saturated carbocycles. The zero-order valence-corrected chi connectivity index (χ0v) is 16.8. The zero-order chi connectivity index (χ0) is 19.5. The van der Waals surface area contributed by atoms with E-state index in [1.165, 1.54) is 18.2 Å². The first kappa shape index (κ1) is 19.0. The Morgan fingerprint density at radius 3 is 2.64 bits per heavy atom. The number of rotatable bonds is 3. The first-order valence-corrected chi connectivity index (χ1v) is 10.5. The molecule has 0 bridgehead atoms. The maximum Gasteiger partial charge on any atom is 0.267 e. The molecule has 1 saturated heterocycles. The molecule has 2 aromatic rings. The van der Waals surface area contributed by atoms with E-state index in [9.17, 15) is 9.90 Å². The zero-order valence-electron chi connectivity index (χ0n) is 15.2. The number of hydrogen-bond acceptors (Lipinski definition) is 5. The van der Waals surface area contributed by atoms with Crippen LogP contribution in [0.2, 0.25) is 5.02 Å². The summed E-state index contributed by atoms with van der Waals surface area (Å²) >= 11 is 7.60. The van der Waals surface area contributed by atoms with Crippen molar-refractivity contribution in [2.45, 2.75) is 38.1 Å². The van der Waals surface area contributed by atoms with Crippen molar-refractivity contribution >= 4 is 46.2 Å². The fourth-order valence-corrected chi connectivity index (χ4v) is 4.72. The smallest absolute Gasteiger partial charge is 0.267 e. The van der Waals surface area contributed by atoms with Crippen LogP contribution in [0.4, 0.5) is 5.69 Å². The first-order chi connectivity index (χ1) is 13.6. The molecule has 1 aromatic heterocycles. The summed E-state index contributed by atoms with van der Waals surface area (Å²) in [6.45, 7) is 0. The normalized spacial score (nSPS) is 21.0. The van der Waals surface area contributed by atoms with Crippen LogP contribution in [0.15, 0.2) is 52.6 Å². The van der Waals surface area contributed by atoms with Gasteiger partial charge in [-0.05, 0) is 54.4 Å². The molecule has 2 fully saturated rings. The Kier molecular flexibility index (Phi) is 5.69. The third-order valence-electron chi connectivity index (χ3n) is 4.93. The van der Waals surface area contributed by atoms with Gasteiger partial charge in [-0.25, -0.2) is 4.99 Å². The highest BCUT2D eigenvalue weighted by Gasteiger charge is 2.38. The van der Waals surface area contributed by atoms with Gasteiger partial charge < -0.3 is 5.11 Å². The van der Waals surface area contributed by atoms with Gasteiger partial charge in [-0.2, -0.15) is 0 Å². The molecule has 28 heavy (non-hydrogen) atoms. The lowest BCUT2D eigenvalue weighted by Gasteiger charge is -2.30. The molecule has 1 aliphatic heterocycles. The molecule has 1 aliphatic carbocycles. The fourth-order valence-electron chi connectivity index (χ4n) is 3.51. The number of carbonyl (C=O) groups is 1. The summed E-state index contributed by atoms with van der Waals surface area (Å²) in [5.41, 5.74) is 1.47. The summed E-state index contributed by atoms with van der Waals surface area (Å²) in [5, 5.41) is 10.6. The van der Waals surface area contributed by atoms with Crippen molar-refractivity contribution in [2.24, 2.45) is 4.99 Å². The topological polar surface area (TPSA) is 65.8 Å². The number of aromatic hydroxyl groups is 1. The summed E-state index contributed by atoms with van der Waals surface area (Å²) in [4.78, 5) is 24.4. The van der Waals surface area contributed by atoms with Crippen LogP contribution < -0.4 is 0 Å². The molecular formula is C21H20ClN3O2S. The molecule has 2 aliphatic rings. The minimum absolute atomic E-state index is 0.0195. The van der Waals surface area contributed by atoms with Gasteiger partial charge in [0.1, 0.15) is 5.75 Å². The van der Waals surface area contributed by atoms with E-state index in [2.05, 4.69) is 4.98 Å². The molecule has 1 N–H and O–H groups in total. The van der Waals surface area contributed by atoms with E-state index < -0.39 is 0 Å². The Hall–Kier alpha value is -2.31. The molecule has 7 heteroatoms. The van der Waals surface area contributed by atoms with Crippen molar-refractivity contribution in [1.29, 1.82) is 0 Å². The molecule has 5 nitrogen and oxygen atoms in total. The lowest BCUT2D eigenvalue weighted by atomic mass is 9.94. The molecule has 4 rings (SSSR count). The second kappa shape index (κ2) is 8.37. The number of carbonyl (C=O) groups excluding carboxylic acids is 1. The third kappa shape index (κ3) is 4.08. The van der Waals surface area contributed by atoms with Gasteiger partial charge in [0.2, 0.25) is 0 Å². The molecule has 1 aromatic carbocycles. The summed E-state index contributed by atoms with van der Waals surface area (Å²) < 4.78 is 0. The summed E-state index contributed by atoms with van der Waals surface area (Å²) in [7, 11) is 0. The highest BCUT2D eigenvalue weighted by Crippen LogP contribution is 2.39. The number of thioether (sulfide) groups is 1. The average molecular weight is 414 g/mol. The maximum absolute atomic E-state index is 13.2. The number of aliphatic imine (C=N–C) groups is 1. The van der Waals surface area contributed by atoms with Gasteiger partial charge in [0.15, 0.2) is 5.17 Å². The van der Waals surface area contributed by atoms with E-state index in [0.717, 1.165) is 31.2 Å². The fraction of sp³-hybridized carbons (Fsp3) is 0.286. The Morgan fingerprint density at radius 2 is 1.93 bits per heavy atom. The van der Waals surface area contributed by atoms with Crippen LogP contribution in [0.1, 0.15) is 37.7 Å². The summed E-state index contributed by atoms with van der Waals surface area (Å²) in [6.07, 6.45) is 10.5.